The molecule has 5 heteroatoms. The summed E-state index contributed by atoms with van der Waals surface area (Å²) in [5, 5.41) is 2.42. The van der Waals surface area contributed by atoms with Crippen molar-refractivity contribution in [2.24, 2.45) is 5.73 Å². The topological polar surface area (TPSA) is 56.0 Å². The number of halogens is 1. The highest BCUT2D eigenvalue weighted by molar-refractivity contribution is 7.09. The van der Waals surface area contributed by atoms with Crippen molar-refractivity contribution in [1.82, 2.24) is 4.98 Å². The average molecular weight is 264 g/mol. The van der Waals surface area contributed by atoms with Crippen molar-refractivity contribution in [3.63, 3.8) is 0 Å². The van der Waals surface area contributed by atoms with Gasteiger partial charge in [-0.25, -0.2) is 9.37 Å². The zero-order valence-electron chi connectivity index (χ0n) is 9.94. The Hall–Kier alpha value is -1.59. The Bertz CT molecular complexity index is 580. The van der Waals surface area contributed by atoms with Crippen LogP contribution in [0.1, 0.15) is 26.6 Å². The largest absolute Gasteiger partial charge is 0.325 e. The van der Waals surface area contributed by atoms with Crippen LogP contribution < -0.4 is 5.73 Å². The zero-order valence-corrected chi connectivity index (χ0v) is 10.8. The predicted molar refractivity (Wildman–Crippen MR) is 69.2 cm³/mol. The minimum Gasteiger partial charge on any atom is -0.325 e. The third kappa shape index (κ3) is 2.80. The van der Waals surface area contributed by atoms with E-state index in [4.69, 9.17) is 5.73 Å². The van der Waals surface area contributed by atoms with Gasteiger partial charge in [0.15, 0.2) is 5.78 Å². The third-order valence-corrected chi connectivity index (χ3v) is 3.55. The van der Waals surface area contributed by atoms with Crippen LogP contribution in [-0.4, -0.2) is 10.8 Å². The molecule has 0 fully saturated rings. The summed E-state index contributed by atoms with van der Waals surface area (Å²) in [7, 11) is 0. The van der Waals surface area contributed by atoms with E-state index < -0.39 is 0 Å². The van der Waals surface area contributed by atoms with Gasteiger partial charge in [-0.15, -0.1) is 11.3 Å². The normalized spacial score (nSPS) is 10.6. The molecule has 0 bridgehead atoms. The maximum Gasteiger partial charge on any atom is 0.186 e. The van der Waals surface area contributed by atoms with Gasteiger partial charge >= 0.3 is 0 Å². The van der Waals surface area contributed by atoms with Gasteiger partial charge in [-0.3, -0.25) is 4.79 Å². The number of nitrogens with two attached hydrogens (primary N) is 1. The Balaban J connectivity index is 2.18. The molecule has 0 unspecified atom stereocenters. The molecule has 0 spiro atoms. The van der Waals surface area contributed by atoms with Gasteiger partial charge in [-0.1, -0.05) is 6.07 Å². The van der Waals surface area contributed by atoms with E-state index >= 15 is 0 Å². The molecular formula is C13H13FN2OS. The van der Waals surface area contributed by atoms with Crippen molar-refractivity contribution < 1.29 is 9.18 Å². The number of Topliss-reactive ketones (excluding diaryl/α,β-unsaturated/α-hetero) is 1. The van der Waals surface area contributed by atoms with Crippen LogP contribution in [0.5, 0.6) is 0 Å². The fraction of sp³-hybridized carbons (Fsp3) is 0.231. The lowest BCUT2D eigenvalue weighted by atomic mass is 10.0. The average Bonchev–Trinajstić information content (AvgIpc) is 2.82. The number of carbonyl (C=O) groups excluding carboxylic acids is 1. The van der Waals surface area contributed by atoms with Gasteiger partial charge in [-0.05, 0) is 30.2 Å². The van der Waals surface area contributed by atoms with Crippen molar-refractivity contribution in [2.45, 2.75) is 19.9 Å². The Morgan fingerprint density at radius 1 is 1.50 bits per heavy atom. The Morgan fingerprint density at radius 3 is 2.94 bits per heavy atom. The maximum atomic E-state index is 13.1. The molecule has 2 N–H and O–H groups in total. The van der Waals surface area contributed by atoms with E-state index in [1.807, 2.05) is 6.92 Å². The number of nitrogens with zero attached hydrogens (tertiary/aromatic N) is 1. The first-order valence-electron chi connectivity index (χ1n) is 5.53. The fourth-order valence-electron chi connectivity index (χ4n) is 1.63. The number of hydrogen-bond acceptors (Lipinski definition) is 4. The molecule has 94 valence electrons. The van der Waals surface area contributed by atoms with Gasteiger partial charge in [0.25, 0.3) is 0 Å². The Morgan fingerprint density at radius 2 is 2.28 bits per heavy atom. The highest BCUT2D eigenvalue weighted by Crippen LogP contribution is 2.15. The van der Waals surface area contributed by atoms with E-state index in [1.165, 1.54) is 23.5 Å². The van der Waals surface area contributed by atoms with Crippen LogP contribution in [0.25, 0.3) is 0 Å². The van der Waals surface area contributed by atoms with Gasteiger partial charge < -0.3 is 5.73 Å². The zero-order chi connectivity index (χ0) is 13.1. The van der Waals surface area contributed by atoms with Gasteiger partial charge in [0.1, 0.15) is 16.5 Å². The highest BCUT2D eigenvalue weighted by Gasteiger charge is 2.12. The minimum absolute atomic E-state index is 0.111. The van der Waals surface area contributed by atoms with Crippen LogP contribution in [0, 0.1) is 12.7 Å². The first kappa shape index (κ1) is 12.9. The first-order chi connectivity index (χ1) is 8.60. The number of rotatable bonds is 4. The Kier molecular flexibility index (Phi) is 3.84. The van der Waals surface area contributed by atoms with Crippen LogP contribution in [0.3, 0.4) is 0 Å². The van der Waals surface area contributed by atoms with Crippen LogP contribution in [-0.2, 0) is 13.0 Å². The van der Waals surface area contributed by atoms with Gasteiger partial charge in [0.05, 0.1) is 0 Å². The van der Waals surface area contributed by atoms with Crippen molar-refractivity contribution in [1.29, 1.82) is 0 Å². The summed E-state index contributed by atoms with van der Waals surface area (Å²) >= 11 is 1.36. The number of aromatic nitrogens is 1. The molecule has 2 aromatic rings. The number of aryl methyl sites for hydroxylation is 1. The lowest BCUT2D eigenvalue weighted by Crippen LogP contribution is -2.06. The predicted octanol–water partition coefficient (Wildman–Crippen LogP) is 2.47. The molecule has 1 aromatic heterocycles. The number of carbonyl (C=O) groups is 1. The number of hydrogen-bond donors (Lipinski definition) is 1. The summed E-state index contributed by atoms with van der Waals surface area (Å²) in [5.74, 6) is -0.441. The summed E-state index contributed by atoms with van der Waals surface area (Å²) < 4.78 is 13.1. The second kappa shape index (κ2) is 5.37. The van der Waals surface area contributed by atoms with E-state index in [1.54, 1.807) is 11.4 Å². The van der Waals surface area contributed by atoms with Crippen LogP contribution >= 0.6 is 11.3 Å². The fourth-order valence-corrected chi connectivity index (χ4v) is 2.31. The molecular weight excluding hydrogens is 251 g/mol. The molecule has 1 aromatic carbocycles. The summed E-state index contributed by atoms with van der Waals surface area (Å²) in [6.45, 7) is 2.19. The molecule has 0 saturated heterocycles. The van der Waals surface area contributed by atoms with Gasteiger partial charge in [0, 0.05) is 18.3 Å². The smallest absolute Gasteiger partial charge is 0.186 e. The first-order valence-corrected chi connectivity index (χ1v) is 6.41. The standard InChI is InChI=1S/C13H13FN2OS/c1-8-2-3-10(14)4-9(8)5-12(17)11-7-18-13(6-15)16-11/h2-4,7H,5-6,15H2,1H3. The third-order valence-electron chi connectivity index (χ3n) is 2.67. The summed E-state index contributed by atoms with van der Waals surface area (Å²) in [4.78, 5) is 16.1. The molecule has 3 nitrogen and oxygen atoms in total. The molecule has 2 rings (SSSR count). The molecule has 0 amide bonds. The van der Waals surface area contributed by atoms with E-state index in [9.17, 15) is 9.18 Å². The lowest BCUT2D eigenvalue weighted by molar-refractivity contribution is 0.0988. The summed E-state index contributed by atoms with van der Waals surface area (Å²) in [5.41, 5.74) is 7.45. The van der Waals surface area contributed by atoms with E-state index in [2.05, 4.69) is 4.98 Å². The summed E-state index contributed by atoms with van der Waals surface area (Å²) in [6, 6.07) is 4.45. The molecule has 0 saturated carbocycles. The van der Waals surface area contributed by atoms with Crippen molar-refractivity contribution >= 4 is 17.1 Å². The van der Waals surface area contributed by atoms with E-state index in [0.717, 1.165) is 10.6 Å². The second-order valence-corrected chi connectivity index (χ2v) is 4.94. The summed E-state index contributed by atoms with van der Waals surface area (Å²) in [6.07, 6.45) is 0.164. The van der Waals surface area contributed by atoms with Crippen molar-refractivity contribution in [3.8, 4) is 0 Å². The molecule has 0 aliphatic rings. The van der Waals surface area contributed by atoms with Crippen LogP contribution in [0.15, 0.2) is 23.6 Å². The SMILES string of the molecule is Cc1ccc(F)cc1CC(=O)c1csc(CN)n1. The highest BCUT2D eigenvalue weighted by atomic mass is 32.1. The molecule has 0 radical (unpaired) electrons. The van der Waals surface area contributed by atoms with E-state index in [0.29, 0.717) is 17.8 Å². The number of thiazole rings is 1. The van der Waals surface area contributed by atoms with Gasteiger partial charge in [-0.2, -0.15) is 0 Å². The van der Waals surface area contributed by atoms with Crippen molar-refractivity contribution in [2.75, 3.05) is 0 Å². The quantitative estimate of drug-likeness (QED) is 0.863. The monoisotopic (exact) mass is 264 g/mol. The molecule has 0 aliphatic heterocycles. The molecule has 1 heterocycles. The number of benzene rings is 1. The van der Waals surface area contributed by atoms with Crippen LogP contribution in [0.4, 0.5) is 4.39 Å². The van der Waals surface area contributed by atoms with Gasteiger partial charge in [0.2, 0.25) is 0 Å². The second-order valence-electron chi connectivity index (χ2n) is 4.00. The van der Waals surface area contributed by atoms with E-state index in [-0.39, 0.29) is 18.0 Å². The number of ketones is 1. The molecule has 0 atom stereocenters. The minimum atomic E-state index is -0.329. The maximum absolute atomic E-state index is 13.1. The Labute approximate surface area is 108 Å². The molecule has 18 heavy (non-hydrogen) atoms. The van der Waals surface area contributed by atoms with Crippen molar-refractivity contribution in [3.05, 3.63) is 51.2 Å². The lowest BCUT2D eigenvalue weighted by Gasteiger charge is -2.03. The van der Waals surface area contributed by atoms with Crippen LogP contribution in [0.2, 0.25) is 0 Å². The molecule has 0 aliphatic carbocycles.